The highest BCUT2D eigenvalue weighted by molar-refractivity contribution is 6.68. The first kappa shape index (κ1) is 13.0. The summed E-state index contributed by atoms with van der Waals surface area (Å²) in [7, 11) is -0.507. The van der Waals surface area contributed by atoms with E-state index in [1.807, 2.05) is 45.9 Å². The van der Waals surface area contributed by atoms with Gasteiger partial charge in [0.05, 0.1) is 17.5 Å². The summed E-state index contributed by atoms with van der Waals surface area (Å²) >= 11 is 6.31. The van der Waals surface area contributed by atoms with Crippen molar-refractivity contribution in [1.82, 2.24) is 0 Å². The molecule has 1 aromatic carbocycles. The fourth-order valence-electron chi connectivity index (χ4n) is 2.21. The number of rotatable bonds is 1. The first-order valence-electron chi connectivity index (χ1n) is 6.33. The van der Waals surface area contributed by atoms with Crippen LogP contribution < -0.4 is 5.46 Å². The zero-order chi connectivity index (χ0) is 13.8. The Hall–Kier alpha value is -0.965. The van der Waals surface area contributed by atoms with Gasteiger partial charge in [-0.3, -0.25) is 0 Å². The number of furan rings is 1. The Balaban J connectivity index is 2.12. The molecule has 0 N–H and O–H groups in total. The Morgan fingerprint density at radius 1 is 1.00 bits per heavy atom. The van der Waals surface area contributed by atoms with Crippen molar-refractivity contribution in [3.8, 4) is 0 Å². The zero-order valence-corrected chi connectivity index (χ0v) is 12.2. The van der Waals surface area contributed by atoms with Crippen LogP contribution in [0.5, 0.6) is 0 Å². The van der Waals surface area contributed by atoms with Gasteiger partial charge in [0.1, 0.15) is 5.58 Å². The van der Waals surface area contributed by atoms with Gasteiger partial charge in [0.15, 0.2) is 0 Å². The van der Waals surface area contributed by atoms with E-state index in [4.69, 9.17) is 25.3 Å². The number of benzene rings is 1. The van der Waals surface area contributed by atoms with E-state index in [0.29, 0.717) is 5.02 Å². The van der Waals surface area contributed by atoms with Gasteiger partial charge in [-0.2, -0.15) is 0 Å². The zero-order valence-electron chi connectivity index (χ0n) is 11.5. The maximum Gasteiger partial charge on any atom is 0.500 e. The molecular formula is C14H16BClO3. The maximum absolute atomic E-state index is 6.31. The number of hydrogen-bond acceptors (Lipinski definition) is 3. The monoisotopic (exact) mass is 278 g/mol. The number of halogens is 1. The summed E-state index contributed by atoms with van der Waals surface area (Å²) in [6.45, 7) is 8.07. The second-order valence-corrected chi connectivity index (χ2v) is 6.30. The minimum atomic E-state index is -0.507. The highest BCUT2D eigenvalue weighted by Crippen LogP contribution is 2.37. The second kappa shape index (κ2) is 4.01. The predicted molar refractivity (Wildman–Crippen MR) is 76.9 cm³/mol. The minimum Gasteiger partial charge on any atom is -0.465 e. The minimum absolute atomic E-state index is 0.393. The molecule has 2 aromatic rings. The first-order valence-corrected chi connectivity index (χ1v) is 6.71. The van der Waals surface area contributed by atoms with Gasteiger partial charge in [-0.1, -0.05) is 11.6 Å². The Morgan fingerprint density at radius 3 is 2.26 bits per heavy atom. The lowest BCUT2D eigenvalue weighted by Crippen LogP contribution is -2.41. The molecule has 100 valence electrons. The smallest absolute Gasteiger partial charge is 0.465 e. The molecule has 0 atom stereocenters. The van der Waals surface area contributed by atoms with Crippen molar-refractivity contribution in [2.24, 2.45) is 0 Å². The van der Waals surface area contributed by atoms with E-state index in [-0.39, 0.29) is 0 Å². The summed E-state index contributed by atoms with van der Waals surface area (Å²) in [6, 6.07) is 5.68. The van der Waals surface area contributed by atoms with E-state index in [0.717, 1.165) is 16.4 Å². The molecule has 0 aliphatic carbocycles. The molecule has 1 fully saturated rings. The Morgan fingerprint density at radius 2 is 1.63 bits per heavy atom. The Bertz CT molecular complexity index is 617. The van der Waals surface area contributed by atoms with Gasteiger partial charge >= 0.3 is 7.12 Å². The Kier molecular flexibility index (Phi) is 2.75. The number of hydrogen-bond donors (Lipinski definition) is 0. The molecule has 1 saturated heterocycles. The summed E-state index contributed by atoms with van der Waals surface area (Å²) in [5.74, 6) is 0. The van der Waals surface area contributed by atoms with Gasteiger partial charge in [0.2, 0.25) is 0 Å². The summed E-state index contributed by atoms with van der Waals surface area (Å²) in [5, 5.41) is 1.59. The van der Waals surface area contributed by atoms with Crippen molar-refractivity contribution in [2.75, 3.05) is 0 Å². The van der Waals surface area contributed by atoms with Crippen LogP contribution in [-0.2, 0) is 9.31 Å². The van der Waals surface area contributed by atoms with E-state index in [9.17, 15) is 0 Å². The van der Waals surface area contributed by atoms with Gasteiger partial charge in [-0.25, -0.2) is 0 Å². The van der Waals surface area contributed by atoms with Gasteiger partial charge in [0, 0.05) is 15.9 Å². The molecule has 3 nitrogen and oxygen atoms in total. The van der Waals surface area contributed by atoms with Gasteiger partial charge in [0.25, 0.3) is 0 Å². The van der Waals surface area contributed by atoms with Crippen molar-refractivity contribution in [3.05, 3.63) is 29.5 Å². The van der Waals surface area contributed by atoms with Crippen molar-refractivity contribution >= 4 is 35.2 Å². The van der Waals surface area contributed by atoms with Crippen molar-refractivity contribution in [2.45, 2.75) is 38.9 Å². The third-order valence-electron chi connectivity index (χ3n) is 4.10. The molecule has 2 heterocycles. The first-order chi connectivity index (χ1) is 8.82. The molecule has 19 heavy (non-hydrogen) atoms. The molecule has 0 unspecified atom stereocenters. The third-order valence-corrected chi connectivity index (χ3v) is 4.43. The fraction of sp³-hybridized carbons (Fsp3) is 0.429. The summed E-state index contributed by atoms with van der Waals surface area (Å²) < 4.78 is 17.6. The largest absolute Gasteiger partial charge is 0.500 e. The van der Waals surface area contributed by atoms with E-state index in [1.165, 1.54) is 0 Å². The fourth-order valence-corrected chi connectivity index (χ4v) is 2.45. The van der Waals surface area contributed by atoms with Crippen LogP contribution in [0.4, 0.5) is 0 Å². The molecule has 1 aliphatic rings. The molecule has 3 rings (SSSR count). The summed E-state index contributed by atoms with van der Waals surface area (Å²) in [6.07, 6.45) is 1.65. The standard InChI is InChI=1S/C14H16BClO3/c1-13(2)14(3,4)19-15(18-13)11-10(16)6-5-9-7-8-17-12(9)11/h5-8H,1-4H3. The van der Waals surface area contributed by atoms with Gasteiger partial charge < -0.3 is 13.7 Å². The van der Waals surface area contributed by atoms with Crippen LogP contribution in [0.3, 0.4) is 0 Å². The van der Waals surface area contributed by atoms with Crippen LogP contribution in [0.1, 0.15) is 27.7 Å². The van der Waals surface area contributed by atoms with Crippen LogP contribution in [0.2, 0.25) is 5.02 Å². The van der Waals surface area contributed by atoms with Crippen molar-refractivity contribution in [1.29, 1.82) is 0 Å². The average molecular weight is 279 g/mol. The van der Waals surface area contributed by atoms with E-state index in [1.54, 1.807) is 6.26 Å². The Labute approximate surface area is 118 Å². The highest BCUT2D eigenvalue weighted by Gasteiger charge is 2.53. The molecule has 5 heteroatoms. The van der Waals surface area contributed by atoms with Crippen molar-refractivity contribution in [3.63, 3.8) is 0 Å². The third kappa shape index (κ3) is 1.90. The quantitative estimate of drug-likeness (QED) is 0.749. The highest BCUT2D eigenvalue weighted by atomic mass is 35.5. The topological polar surface area (TPSA) is 31.6 Å². The van der Waals surface area contributed by atoms with Crippen LogP contribution in [0, 0.1) is 0 Å². The van der Waals surface area contributed by atoms with E-state index in [2.05, 4.69) is 0 Å². The second-order valence-electron chi connectivity index (χ2n) is 5.89. The van der Waals surface area contributed by atoms with E-state index >= 15 is 0 Å². The predicted octanol–water partition coefficient (Wildman–Crippen LogP) is 3.39. The SMILES string of the molecule is CC1(C)OB(c2c(Cl)ccc3ccoc23)OC1(C)C. The molecule has 0 saturated carbocycles. The van der Waals surface area contributed by atoms with Crippen LogP contribution in [-0.4, -0.2) is 18.3 Å². The lowest BCUT2D eigenvalue weighted by Gasteiger charge is -2.32. The lowest BCUT2D eigenvalue weighted by atomic mass is 9.78. The van der Waals surface area contributed by atoms with Crippen LogP contribution in [0.15, 0.2) is 28.9 Å². The lowest BCUT2D eigenvalue weighted by molar-refractivity contribution is 0.00578. The molecule has 0 radical (unpaired) electrons. The van der Waals surface area contributed by atoms with Crippen molar-refractivity contribution < 1.29 is 13.7 Å². The molecule has 0 amide bonds. The average Bonchev–Trinajstić information content (AvgIpc) is 2.81. The summed E-state index contributed by atoms with van der Waals surface area (Å²) in [5.41, 5.74) is 0.708. The van der Waals surface area contributed by atoms with Gasteiger partial charge in [-0.05, 0) is 45.9 Å². The van der Waals surface area contributed by atoms with Crippen LogP contribution >= 0.6 is 11.6 Å². The van der Waals surface area contributed by atoms with Gasteiger partial charge in [-0.15, -0.1) is 0 Å². The molecule has 1 aromatic heterocycles. The molecular weight excluding hydrogens is 262 g/mol. The molecule has 0 bridgehead atoms. The summed E-state index contributed by atoms with van der Waals surface area (Å²) in [4.78, 5) is 0. The maximum atomic E-state index is 6.31. The number of fused-ring (bicyclic) bond motifs is 1. The van der Waals surface area contributed by atoms with E-state index < -0.39 is 18.3 Å². The molecule has 0 spiro atoms. The normalized spacial score (nSPS) is 21.2. The van der Waals surface area contributed by atoms with Crippen LogP contribution in [0.25, 0.3) is 11.0 Å². The molecule has 1 aliphatic heterocycles.